The molecule has 0 unspecified atom stereocenters. The molecule has 0 aliphatic carbocycles. The van der Waals surface area contributed by atoms with Crippen molar-refractivity contribution in [2.45, 2.75) is 23.8 Å². The van der Waals surface area contributed by atoms with Crippen LogP contribution in [0.1, 0.15) is 29.5 Å². The maximum absolute atomic E-state index is 14.6. The molecule has 0 amide bonds. The molecule has 7 heteroatoms. The summed E-state index contributed by atoms with van der Waals surface area (Å²) in [4.78, 5) is 3.23. The molecule has 3 aromatic rings. The number of hydrogen-bond donors (Lipinski definition) is 1. The van der Waals surface area contributed by atoms with Crippen LogP contribution in [0.3, 0.4) is 0 Å². The minimum Gasteiger partial charge on any atom is -0.508 e. The van der Waals surface area contributed by atoms with Gasteiger partial charge < -0.3 is 14.6 Å². The maximum atomic E-state index is 14.6. The average Bonchev–Trinajstić information content (AvgIpc) is 3.34. The first-order valence-electron chi connectivity index (χ1n) is 12.1. The van der Waals surface area contributed by atoms with Gasteiger partial charge in [-0.25, -0.2) is 4.39 Å². The molecule has 1 fully saturated rings. The first-order valence-corrected chi connectivity index (χ1v) is 13.1. The number of fused-ring (bicyclic) bond motifs is 1. The fourth-order valence-electron chi connectivity index (χ4n) is 4.91. The Morgan fingerprint density at radius 3 is 2.61 bits per heavy atom. The lowest BCUT2D eigenvalue weighted by atomic mass is 9.89. The number of phenols is 1. The normalized spacial score (nSPS) is 17.8. The molecular weight excluding hydrogens is 480 g/mol. The largest absolute Gasteiger partial charge is 0.508 e. The smallest absolute Gasteiger partial charge is 0.165 e. The molecule has 2 heterocycles. The Balaban J connectivity index is 1.46. The predicted octanol–water partition coefficient (Wildman–Crippen LogP) is 6.42. The van der Waals surface area contributed by atoms with Crippen LogP contribution in [0.25, 0.3) is 11.1 Å². The topological polar surface area (TPSA) is 41.9 Å². The molecular formula is C29H29F2NO3S. The standard InChI is InChI=1S/C29H29F2NO3S/c1-34-27-10-5-20(15-26(27)31)25-18-36-28-16-21(33)6-9-24(28)29(25)19-3-7-22(8-4-19)35-23-11-14-32(17-23)13-2-12-30/h3-10,15-16,23,33H,2,11-14,17-18H2,1H3/t23-/m0/s1. The molecule has 2 aliphatic rings. The summed E-state index contributed by atoms with van der Waals surface area (Å²) in [5, 5.41) is 10.0. The van der Waals surface area contributed by atoms with Crippen LogP contribution in [0.2, 0.25) is 0 Å². The van der Waals surface area contributed by atoms with Crippen LogP contribution in [0.4, 0.5) is 8.78 Å². The van der Waals surface area contributed by atoms with E-state index in [0.29, 0.717) is 12.2 Å². The van der Waals surface area contributed by atoms with Gasteiger partial charge in [0.25, 0.3) is 0 Å². The molecule has 0 aromatic heterocycles. The highest BCUT2D eigenvalue weighted by Gasteiger charge is 2.25. The molecule has 5 rings (SSSR count). The van der Waals surface area contributed by atoms with Crippen molar-refractivity contribution < 1.29 is 23.4 Å². The SMILES string of the molecule is COc1ccc(C2=C(c3ccc(O[C@H]4CCN(CCCF)C4)cc3)c3ccc(O)cc3SC2)cc1F. The summed E-state index contributed by atoms with van der Waals surface area (Å²) in [5.74, 6) is 1.48. The van der Waals surface area contributed by atoms with E-state index in [9.17, 15) is 13.9 Å². The van der Waals surface area contributed by atoms with Crippen LogP contribution in [0.15, 0.2) is 65.6 Å². The number of nitrogens with zero attached hydrogens (tertiary/aromatic N) is 1. The van der Waals surface area contributed by atoms with Crippen LogP contribution >= 0.6 is 11.8 Å². The molecule has 0 bridgehead atoms. The first-order chi connectivity index (χ1) is 17.6. The van der Waals surface area contributed by atoms with Gasteiger partial charge in [0.05, 0.1) is 13.8 Å². The average molecular weight is 510 g/mol. The number of thioether (sulfide) groups is 1. The van der Waals surface area contributed by atoms with Crippen molar-refractivity contribution in [3.05, 3.63) is 83.2 Å². The highest BCUT2D eigenvalue weighted by molar-refractivity contribution is 7.99. The second kappa shape index (κ2) is 10.9. The van der Waals surface area contributed by atoms with Crippen LogP contribution in [0.5, 0.6) is 17.2 Å². The highest BCUT2D eigenvalue weighted by atomic mass is 32.2. The molecule has 0 radical (unpaired) electrons. The van der Waals surface area contributed by atoms with E-state index >= 15 is 0 Å². The summed E-state index contributed by atoms with van der Waals surface area (Å²) < 4.78 is 38.4. The monoisotopic (exact) mass is 509 g/mol. The van der Waals surface area contributed by atoms with E-state index in [1.807, 2.05) is 36.4 Å². The third-order valence-corrected chi connectivity index (χ3v) is 7.77. The number of aromatic hydroxyl groups is 1. The Kier molecular flexibility index (Phi) is 7.48. The summed E-state index contributed by atoms with van der Waals surface area (Å²) in [7, 11) is 1.46. The van der Waals surface area contributed by atoms with Crippen molar-refractivity contribution in [2.75, 3.05) is 39.2 Å². The van der Waals surface area contributed by atoms with Gasteiger partial charge in [-0.2, -0.15) is 0 Å². The lowest BCUT2D eigenvalue weighted by Gasteiger charge is -2.24. The Morgan fingerprint density at radius 1 is 1.06 bits per heavy atom. The Bertz CT molecular complexity index is 1260. The molecule has 4 nitrogen and oxygen atoms in total. The number of benzene rings is 3. The fourth-order valence-corrected chi connectivity index (χ4v) is 6.05. The highest BCUT2D eigenvalue weighted by Crippen LogP contribution is 2.45. The van der Waals surface area contributed by atoms with Crippen LogP contribution in [-0.4, -0.2) is 55.3 Å². The summed E-state index contributed by atoms with van der Waals surface area (Å²) in [6.45, 7) is 2.23. The Hall–Kier alpha value is -3.03. The summed E-state index contributed by atoms with van der Waals surface area (Å²) in [6, 6.07) is 18.5. The lowest BCUT2D eigenvalue weighted by Crippen LogP contribution is -2.26. The molecule has 188 valence electrons. The molecule has 0 saturated carbocycles. The van der Waals surface area contributed by atoms with Gasteiger partial charge in [-0.1, -0.05) is 18.2 Å². The zero-order chi connectivity index (χ0) is 25.1. The van der Waals surface area contributed by atoms with Crippen molar-refractivity contribution in [1.29, 1.82) is 0 Å². The number of ether oxygens (including phenoxy) is 2. The lowest BCUT2D eigenvalue weighted by molar-refractivity contribution is 0.198. The number of hydrogen-bond acceptors (Lipinski definition) is 5. The van der Waals surface area contributed by atoms with Gasteiger partial charge in [-0.3, -0.25) is 9.29 Å². The van der Waals surface area contributed by atoms with Crippen LogP contribution in [-0.2, 0) is 0 Å². The van der Waals surface area contributed by atoms with Crippen molar-refractivity contribution in [3.63, 3.8) is 0 Å². The van der Waals surface area contributed by atoms with Gasteiger partial charge in [0.1, 0.15) is 17.6 Å². The summed E-state index contributed by atoms with van der Waals surface area (Å²) in [6.07, 6.45) is 1.59. The third kappa shape index (κ3) is 5.22. The van der Waals surface area contributed by atoms with Gasteiger partial charge in [-0.15, -0.1) is 11.8 Å². The molecule has 0 spiro atoms. The maximum Gasteiger partial charge on any atom is 0.165 e. The Labute approximate surface area is 214 Å². The molecule has 3 aromatic carbocycles. The van der Waals surface area contributed by atoms with Crippen LogP contribution < -0.4 is 9.47 Å². The van der Waals surface area contributed by atoms with E-state index in [-0.39, 0.29) is 24.3 Å². The molecule has 2 aliphatic heterocycles. The zero-order valence-corrected chi connectivity index (χ0v) is 21.0. The zero-order valence-electron chi connectivity index (χ0n) is 20.2. The van der Waals surface area contributed by atoms with Crippen molar-refractivity contribution in [3.8, 4) is 17.2 Å². The number of phenolic OH excluding ortho intramolecular Hbond substituents is 1. The number of rotatable bonds is 8. The van der Waals surface area contributed by atoms with E-state index in [2.05, 4.69) is 4.90 Å². The number of alkyl halides is 1. The van der Waals surface area contributed by atoms with Gasteiger partial charge in [-0.05, 0) is 83.1 Å². The number of likely N-dealkylation sites (tertiary alicyclic amines) is 1. The summed E-state index contributed by atoms with van der Waals surface area (Å²) >= 11 is 1.63. The summed E-state index contributed by atoms with van der Waals surface area (Å²) in [5.41, 5.74) is 4.83. The third-order valence-electron chi connectivity index (χ3n) is 6.69. The molecule has 36 heavy (non-hydrogen) atoms. The van der Waals surface area contributed by atoms with Crippen molar-refractivity contribution in [2.24, 2.45) is 0 Å². The second-order valence-corrected chi connectivity index (χ2v) is 10.1. The quantitative estimate of drug-likeness (QED) is 0.380. The number of methoxy groups -OCH3 is 1. The van der Waals surface area contributed by atoms with Gasteiger partial charge >= 0.3 is 0 Å². The molecule has 1 atom stereocenters. The second-order valence-electron chi connectivity index (χ2n) is 9.07. The minimum atomic E-state index is -0.399. The minimum absolute atomic E-state index is 0.0993. The van der Waals surface area contributed by atoms with E-state index in [1.165, 1.54) is 13.2 Å². The predicted molar refractivity (Wildman–Crippen MR) is 140 cm³/mol. The fraction of sp³-hybridized carbons (Fsp3) is 0.310. The van der Waals surface area contributed by atoms with Gasteiger partial charge in [0.2, 0.25) is 0 Å². The number of halogens is 2. The molecule has 1 N–H and O–H groups in total. The van der Waals surface area contributed by atoms with E-state index < -0.39 is 5.82 Å². The van der Waals surface area contributed by atoms with Crippen molar-refractivity contribution in [1.82, 2.24) is 4.90 Å². The van der Waals surface area contributed by atoms with E-state index in [0.717, 1.165) is 64.5 Å². The molecule has 1 saturated heterocycles. The van der Waals surface area contributed by atoms with Crippen molar-refractivity contribution >= 4 is 22.9 Å². The van der Waals surface area contributed by atoms with Gasteiger partial charge in [0, 0.05) is 30.3 Å². The van der Waals surface area contributed by atoms with Gasteiger partial charge in [0.15, 0.2) is 11.6 Å². The first kappa shape index (κ1) is 24.7. The van der Waals surface area contributed by atoms with E-state index in [4.69, 9.17) is 9.47 Å². The van der Waals surface area contributed by atoms with Crippen LogP contribution in [0, 0.1) is 5.82 Å². The Morgan fingerprint density at radius 2 is 1.86 bits per heavy atom. The van der Waals surface area contributed by atoms with E-state index in [1.54, 1.807) is 30.0 Å².